The molecule has 12 heteroatoms. The van der Waals surface area contributed by atoms with Gasteiger partial charge >= 0.3 is 0 Å². The first-order valence-electron chi connectivity index (χ1n) is 12.0. The molecule has 4 aromatic rings. The summed E-state index contributed by atoms with van der Waals surface area (Å²) >= 11 is 0. The Hall–Kier alpha value is -4.13. The van der Waals surface area contributed by atoms with Gasteiger partial charge in [-0.05, 0) is 79.1 Å². The number of anilines is 2. The van der Waals surface area contributed by atoms with Gasteiger partial charge < -0.3 is 5.32 Å². The zero-order valence-electron chi connectivity index (χ0n) is 20.9. The summed E-state index contributed by atoms with van der Waals surface area (Å²) in [7, 11) is -7.64. The fourth-order valence-corrected chi connectivity index (χ4v) is 6.57. The Bertz CT molecular complexity index is 1740. The molecule has 1 aromatic heterocycles. The van der Waals surface area contributed by atoms with Crippen molar-refractivity contribution in [1.82, 2.24) is 14.3 Å². The molecule has 10 nitrogen and oxygen atoms in total. The first-order chi connectivity index (χ1) is 18.6. The van der Waals surface area contributed by atoms with Crippen molar-refractivity contribution in [3.63, 3.8) is 0 Å². The monoisotopic (exact) mass is 563 g/mol. The van der Waals surface area contributed by atoms with E-state index in [-0.39, 0.29) is 21.3 Å². The second kappa shape index (κ2) is 10.6. The molecule has 0 saturated carbocycles. The quantitative estimate of drug-likeness (QED) is 0.350. The first-order valence-corrected chi connectivity index (χ1v) is 14.9. The van der Waals surface area contributed by atoms with Gasteiger partial charge in [-0.1, -0.05) is 24.3 Å². The molecular formula is C27H25N5O5S2. The summed E-state index contributed by atoms with van der Waals surface area (Å²) in [6, 6.07) is 20.8. The van der Waals surface area contributed by atoms with Crippen molar-refractivity contribution in [1.29, 1.82) is 0 Å². The molecule has 2 N–H and O–H groups in total. The molecule has 0 fully saturated rings. The fraction of sp³-hybridized carbons (Fsp3) is 0.148. The van der Waals surface area contributed by atoms with E-state index in [1.54, 1.807) is 13.0 Å². The Morgan fingerprint density at radius 3 is 2.21 bits per heavy atom. The Morgan fingerprint density at radius 1 is 0.846 bits per heavy atom. The van der Waals surface area contributed by atoms with Crippen LogP contribution in [0.5, 0.6) is 0 Å². The van der Waals surface area contributed by atoms with E-state index in [0.29, 0.717) is 30.9 Å². The number of amides is 1. The van der Waals surface area contributed by atoms with E-state index < -0.39 is 26.0 Å². The lowest BCUT2D eigenvalue weighted by Crippen LogP contribution is -2.35. The molecule has 39 heavy (non-hydrogen) atoms. The van der Waals surface area contributed by atoms with Gasteiger partial charge in [0, 0.05) is 36.2 Å². The van der Waals surface area contributed by atoms with E-state index in [1.165, 1.54) is 59.0 Å². The van der Waals surface area contributed by atoms with Gasteiger partial charge in [0.15, 0.2) is 0 Å². The maximum absolute atomic E-state index is 13.2. The van der Waals surface area contributed by atoms with Gasteiger partial charge in [-0.2, -0.15) is 4.31 Å². The van der Waals surface area contributed by atoms with Crippen LogP contribution < -0.4 is 10.0 Å². The molecule has 0 aliphatic carbocycles. The molecule has 1 aliphatic heterocycles. The van der Waals surface area contributed by atoms with Crippen LogP contribution in [0.15, 0.2) is 94.9 Å². The summed E-state index contributed by atoms with van der Waals surface area (Å²) in [5.74, 6) is -0.504. The minimum absolute atomic E-state index is 0.0273. The molecule has 200 valence electrons. The number of rotatable bonds is 7. The maximum atomic E-state index is 13.2. The van der Waals surface area contributed by atoms with Gasteiger partial charge in [-0.25, -0.2) is 31.5 Å². The second-order valence-corrected chi connectivity index (χ2v) is 12.6. The van der Waals surface area contributed by atoms with Crippen LogP contribution >= 0.6 is 0 Å². The number of sulfonamides is 2. The SMILES string of the molecule is Cc1ccnc(NS(=O)(=O)c2ccc(NC(=O)c3ccc(S(=O)(=O)N4CCc5ccccc5C4)cc3)cc2)n1. The first kappa shape index (κ1) is 26.5. The Labute approximate surface area is 226 Å². The van der Waals surface area contributed by atoms with E-state index in [4.69, 9.17) is 0 Å². The zero-order valence-corrected chi connectivity index (χ0v) is 22.5. The lowest BCUT2D eigenvalue weighted by Gasteiger charge is -2.28. The van der Waals surface area contributed by atoms with Crippen molar-refractivity contribution < 1.29 is 21.6 Å². The molecule has 0 spiro atoms. The van der Waals surface area contributed by atoms with E-state index in [1.807, 2.05) is 24.3 Å². The third-order valence-electron chi connectivity index (χ3n) is 6.29. The fourth-order valence-electron chi connectivity index (χ4n) is 4.20. The highest BCUT2D eigenvalue weighted by molar-refractivity contribution is 7.92. The molecule has 0 saturated heterocycles. The Morgan fingerprint density at radius 2 is 1.51 bits per heavy atom. The van der Waals surface area contributed by atoms with E-state index in [9.17, 15) is 21.6 Å². The van der Waals surface area contributed by atoms with Crippen LogP contribution in [0.3, 0.4) is 0 Å². The van der Waals surface area contributed by atoms with Crippen molar-refractivity contribution >= 4 is 37.6 Å². The van der Waals surface area contributed by atoms with Crippen LogP contribution in [0.4, 0.5) is 11.6 Å². The number of nitrogens with one attached hydrogen (secondary N) is 2. The van der Waals surface area contributed by atoms with E-state index in [0.717, 1.165) is 11.1 Å². The average Bonchev–Trinajstić information content (AvgIpc) is 2.93. The van der Waals surface area contributed by atoms with Crippen LogP contribution in [-0.2, 0) is 33.0 Å². The normalized spacial score (nSPS) is 13.9. The minimum atomic E-state index is -3.92. The Kier molecular flexibility index (Phi) is 7.17. The predicted octanol–water partition coefficient (Wildman–Crippen LogP) is 3.59. The van der Waals surface area contributed by atoms with Crippen molar-refractivity contribution in [3.05, 3.63) is 107 Å². The number of fused-ring (bicyclic) bond motifs is 1. The van der Waals surface area contributed by atoms with Crippen LogP contribution in [0, 0.1) is 6.92 Å². The average molecular weight is 564 g/mol. The third kappa shape index (κ3) is 5.82. The van der Waals surface area contributed by atoms with Gasteiger partial charge in [0.1, 0.15) is 0 Å². The van der Waals surface area contributed by atoms with E-state index >= 15 is 0 Å². The highest BCUT2D eigenvalue weighted by Gasteiger charge is 2.28. The number of benzene rings is 3. The molecule has 3 aromatic carbocycles. The van der Waals surface area contributed by atoms with Crippen LogP contribution in [-0.4, -0.2) is 43.6 Å². The molecule has 1 aliphatic rings. The highest BCUT2D eigenvalue weighted by atomic mass is 32.2. The number of aromatic nitrogens is 2. The molecule has 5 rings (SSSR count). The Balaban J connectivity index is 1.24. The van der Waals surface area contributed by atoms with Crippen LogP contribution in [0.1, 0.15) is 27.2 Å². The zero-order chi connectivity index (χ0) is 27.6. The highest BCUT2D eigenvalue weighted by Crippen LogP contribution is 2.25. The summed E-state index contributed by atoms with van der Waals surface area (Å²) in [6.07, 6.45) is 2.10. The lowest BCUT2D eigenvalue weighted by molar-refractivity contribution is 0.102. The summed E-state index contributed by atoms with van der Waals surface area (Å²) in [5.41, 5.74) is 3.38. The number of carbonyl (C=O) groups excluding carboxylic acids is 1. The maximum Gasteiger partial charge on any atom is 0.264 e. The molecular weight excluding hydrogens is 538 g/mol. The summed E-state index contributed by atoms with van der Waals surface area (Å²) in [6.45, 7) is 2.41. The topological polar surface area (TPSA) is 138 Å². The number of nitrogens with zero attached hydrogens (tertiary/aromatic N) is 3. The second-order valence-electron chi connectivity index (χ2n) is 8.99. The number of carbonyl (C=O) groups is 1. The largest absolute Gasteiger partial charge is 0.322 e. The standard InChI is InChI=1S/C27H25N5O5S2/c1-19-14-16-28-27(29-19)31-38(34,35)24-12-8-23(9-13-24)30-26(33)21-6-10-25(11-7-21)39(36,37)32-17-15-20-4-2-3-5-22(20)18-32/h2-14,16H,15,17-18H2,1H3,(H,30,33)(H,28,29,31). The van der Waals surface area contributed by atoms with Crippen molar-refractivity contribution in [2.45, 2.75) is 29.7 Å². The smallest absolute Gasteiger partial charge is 0.264 e. The predicted molar refractivity (Wildman–Crippen MR) is 146 cm³/mol. The van der Waals surface area contributed by atoms with E-state index in [2.05, 4.69) is 20.0 Å². The van der Waals surface area contributed by atoms with Crippen molar-refractivity contribution in [3.8, 4) is 0 Å². The molecule has 1 amide bonds. The van der Waals surface area contributed by atoms with Crippen molar-refractivity contribution in [2.75, 3.05) is 16.6 Å². The van der Waals surface area contributed by atoms with Gasteiger partial charge in [0.2, 0.25) is 16.0 Å². The van der Waals surface area contributed by atoms with Gasteiger partial charge in [0.05, 0.1) is 9.79 Å². The van der Waals surface area contributed by atoms with Crippen LogP contribution in [0.2, 0.25) is 0 Å². The molecule has 0 bridgehead atoms. The van der Waals surface area contributed by atoms with Gasteiger partial charge in [-0.3, -0.25) is 4.79 Å². The summed E-state index contributed by atoms with van der Waals surface area (Å²) in [5, 5.41) is 2.69. The summed E-state index contributed by atoms with van der Waals surface area (Å²) in [4.78, 5) is 20.8. The molecule has 0 atom stereocenters. The summed E-state index contributed by atoms with van der Waals surface area (Å²) < 4.78 is 55.4. The van der Waals surface area contributed by atoms with Gasteiger partial charge in [0.25, 0.3) is 15.9 Å². The number of aryl methyl sites for hydroxylation is 1. The lowest BCUT2D eigenvalue weighted by atomic mass is 10.0. The van der Waals surface area contributed by atoms with Gasteiger partial charge in [-0.15, -0.1) is 0 Å². The third-order valence-corrected chi connectivity index (χ3v) is 9.50. The number of hydrogen-bond acceptors (Lipinski definition) is 7. The minimum Gasteiger partial charge on any atom is -0.322 e. The van der Waals surface area contributed by atoms with Crippen LogP contribution in [0.25, 0.3) is 0 Å². The molecule has 0 radical (unpaired) electrons. The van der Waals surface area contributed by atoms with Crippen molar-refractivity contribution in [2.24, 2.45) is 0 Å². The molecule has 2 heterocycles. The molecule has 0 unspecified atom stereocenters. The number of hydrogen-bond donors (Lipinski definition) is 2.